The summed E-state index contributed by atoms with van der Waals surface area (Å²) in [6.07, 6.45) is 1.37. The molecule has 19 heavy (non-hydrogen) atoms. The summed E-state index contributed by atoms with van der Waals surface area (Å²) >= 11 is 0. The molecular weight excluding hydrogens is 242 g/mol. The van der Waals surface area contributed by atoms with Gasteiger partial charge >= 0.3 is 0 Å². The van der Waals surface area contributed by atoms with Crippen molar-refractivity contribution >= 4 is 11.7 Å². The fraction of sp³-hybridized carbons (Fsp3) is 0.0714. The smallest absolute Gasteiger partial charge is 0.260 e. The van der Waals surface area contributed by atoms with Crippen molar-refractivity contribution in [2.45, 2.75) is 6.92 Å². The number of aryl methyl sites for hydroxylation is 1. The van der Waals surface area contributed by atoms with Gasteiger partial charge < -0.3 is 10.4 Å². The van der Waals surface area contributed by atoms with E-state index in [1.54, 1.807) is 25.1 Å². The van der Waals surface area contributed by atoms with Gasteiger partial charge in [0.1, 0.15) is 17.6 Å². The van der Waals surface area contributed by atoms with Gasteiger partial charge in [-0.05, 0) is 30.7 Å². The summed E-state index contributed by atoms with van der Waals surface area (Å²) < 4.78 is 0. The second-order valence-electron chi connectivity index (χ2n) is 3.97. The van der Waals surface area contributed by atoms with Crippen LogP contribution in [0, 0.1) is 18.3 Å². The molecule has 0 bridgehead atoms. The highest BCUT2D eigenvalue weighted by molar-refractivity contribution is 6.05. The molecule has 2 aromatic rings. The Morgan fingerprint density at radius 1 is 1.37 bits per heavy atom. The van der Waals surface area contributed by atoms with Crippen molar-refractivity contribution in [1.82, 2.24) is 4.98 Å². The van der Waals surface area contributed by atoms with Gasteiger partial charge in [0, 0.05) is 6.20 Å². The minimum Gasteiger partial charge on any atom is -0.507 e. The molecule has 0 fully saturated rings. The number of phenols is 1. The summed E-state index contributed by atoms with van der Waals surface area (Å²) in [5.41, 5.74) is 1.22. The molecule has 0 aliphatic carbocycles. The van der Waals surface area contributed by atoms with Crippen LogP contribution in [-0.2, 0) is 0 Å². The Hall–Kier alpha value is -2.87. The van der Waals surface area contributed by atoms with Gasteiger partial charge in [-0.3, -0.25) is 4.79 Å². The van der Waals surface area contributed by atoms with E-state index < -0.39 is 5.91 Å². The van der Waals surface area contributed by atoms with Gasteiger partial charge in [0.25, 0.3) is 5.91 Å². The molecule has 0 atom stereocenters. The second kappa shape index (κ2) is 5.19. The highest BCUT2D eigenvalue weighted by Crippen LogP contribution is 2.22. The maximum Gasteiger partial charge on any atom is 0.260 e. The van der Waals surface area contributed by atoms with E-state index in [2.05, 4.69) is 10.3 Å². The molecule has 1 aromatic heterocycles. The minimum atomic E-state index is -0.446. The number of amides is 1. The second-order valence-corrected chi connectivity index (χ2v) is 3.97. The van der Waals surface area contributed by atoms with Crippen LogP contribution in [0.4, 0.5) is 5.82 Å². The molecule has 5 heteroatoms. The largest absolute Gasteiger partial charge is 0.507 e. The lowest BCUT2D eigenvalue weighted by atomic mass is 10.1. The summed E-state index contributed by atoms with van der Waals surface area (Å²) in [5.74, 6) is -0.169. The van der Waals surface area contributed by atoms with Gasteiger partial charge in [-0.2, -0.15) is 5.26 Å². The summed E-state index contributed by atoms with van der Waals surface area (Å²) in [7, 11) is 0. The number of carbonyl (C=O) groups is 1. The molecule has 94 valence electrons. The van der Waals surface area contributed by atoms with Crippen LogP contribution in [0.3, 0.4) is 0 Å². The van der Waals surface area contributed by atoms with E-state index >= 15 is 0 Å². The molecule has 0 spiro atoms. The predicted molar refractivity (Wildman–Crippen MR) is 69.7 cm³/mol. The van der Waals surface area contributed by atoms with Gasteiger partial charge in [0.15, 0.2) is 0 Å². The number of nitriles is 1. The third-order valence-corrected chi connectivity index (χ3v) is 2.62. The number of anilines is 1. The molecule has 0 saturated heterocycles. The van der Waals surface area contributed by atoms with Crippen molar-refractivity contribution < 1.29 is 9.90 Å². The van der Waals surface area contributed by atoms with Crippen molar-refractivity contribution in [3.63, 3.8) is 0 Å². The third kappa shape index (κ3) is 2.69. The van der Waals surface area contributed by atoms with Crippen LogP contribution in [-0.4, -0.2) is 16.0 Å². The Labute approximate surface area is 110 Å². The fourth-order valence-electron chi connectivity index (χ4n) is 1.56. The van der Waals surface area contributed by atoms with Crippen molar-refractivity contribution in [2.75, 3.05) is 5.32 Å². The van der Waals surface area contributed by atoms with Crippen LogP contribution < -0.4 is 5.32 Å². The maximum absolute atomic E-state index is 12.0. The number of hydrogen-bond acceptors (Lipinski definition) is 4. The molecule has 2 N–H and O–H groups in total. The number of pyridine rings is 1. The standard InChI is InChI=1S/C14H11N3O2/c1-9-3-2-4-11(13(9)18)14(19)17-12-6-5-10(7-15)8-16-12/h2-6,8,18H,1H3,(H,16,17,19). The summed E-state index contributed by atoms with van der Waals surface area (Å²) in [4.78, 5) is 15.9. The highest BCUT2D eigenvalue weighted by Gasteiger charge is 2.12. The van der Waals surface area contributed by atoms with Gasteiger partial charge in [-0.15, -0.1) is 0 Å². The quantitative estimate of drug-likeness (QED) is 0.859. The first-order chi connectivity index (χ1) is 9.11. The molecule has 5 nitrogen and oxygen atoms in total. The Balaban J connectivity index is 2.21. The molecule has 1 heterocycles. The number of hydrogen-bond donors (Lipinski definition) is 2. The number of benzene rings is 1. The third-order valence-electron chi connectivity index (χ3n) is 2.62. The highest BCUT2D eigenvalue weighted by atomic mass is 16.3. The van der Waals surface area contributed by atoms with Gasteiger partial charge in [-0.1, -0.05) is 12.1 Å². The van der Waals surface area contributed by atoms with Crippen LogP contribution in [0.5, 0.6) is 5.75 Å². The minimum absolute atomic E-state index is 0.0476. The van der Waals surface area contributed by atoms with Crippen LogP contribution in [0.1, 0.15) is 21.5 Å². The molecule has 2 rings (SSSR count). The van der Waals surface area contributed by atoms with E-state index in [1.807, 2.05) is 6.07 Å². The van der Waals surface area contributed by atoms with Crippen LogP contribution in [0.15, 0.2) is 36.5 Å². The molecule has 0 aliphatic heterocycles. The van der Waals surface area contributed by atoms with E-state index in [1.165, 1.54) is 18.3 Å². The first kappa shape index (κ1) is 12.6. The SMILES string of the molecule is Cc1cccc(C(=O)Nc2ccc(C#N)cn2)c1O. The zero-order valence-corrected chi connectivity index (χ0v) is 10.2. The van der Waals surface area contributed by atoms with E-state index in [9.17, 15) is 9.90 Å². The topological polar surface area (TPSA) is 86.0 Å². The van der Waals surface area contributed by atoms with E-state index in [0.717, 1.165) is 0 Å². The molecule has 1 aromatic carbocycles. The van der Waals surface area contributed by atoms with Gasteiger partial charge in [-0.25, -0.2) is 4.98 Å². The maximum atomic E-state index is 12.0. The van der Waals surface area contributed by atoms with Crippen LogP contribution >= 0.6 is 0 Å². The molecule has 0 radical (unpaired) electrons. The number of para-hydroxylation sites is 1. The summed E-state index contributed by atoms with van der Waals surface area (Å²) in [6, 6.07) is 9.96. The van der Waals surface area contributed by atoms with Gasteiger partial charge in [0.2, 0.25) is 0 Å². The lowest BCUT2D eigenvalue weighted by Crippen LogP contribution is -2.13. The Kier molecular flexibility index (Phi) is 3.44. The Bertz CT molecular complexity index is 657. The fourth-order valence-corrected chi connectivity index (χ4v) is 1.56. The average Bonchev–Trinajstić information content (AvgIpc) is 2.42. The zero-order valence-electron chi connectivity index (χ0n) is 10.2. The Morgan fingerprint density at radius 3 is 2.79 bits per heavy atom. The molecule has 0 saturated carbocycles. The Morgan fingerprint density at radius 2 is 2.16 bits per heavy atom. The summed E-state index contributed by atoms with van der Waals surface area (Å²) in [5, 5.41) is 21.0. The number of nitrogens with zero attached hydrogens (tertiary/aromatic N) is 2. The molecule has 0 aliphatic rings. The summed E-state index contributed by atoms with van der Waals surface area (Å²) in [6.45, 7) is 1.71. The van der Waals surface area contributed by atoms with E-state index in [4.69, 9.17) is 5.26 Å². The van der Waals surface area contributed by atoms with E-state index in [-0.39, 0.29) is 11.3 Å². The number of carbonyl (C=O) groups excluding carboxylic acids is 1. The number of phenolic OH excluding ortho intramolecular Hbond substituents is 1. The van der Waals surface area contributed by atoms with Crippen LogP contribution in [0.2, 0.25) is 0 Å². The number of rotatable bonds is 2. The average molecular weight is 253 g/mol. The molecular formula is C14H11N3O2. The number of nitrogens with one attached hydrogen (secondary N) is 1. The first-order valence-corrected chi connectivity index (χ1v) is 5.58. The lowest BCUT2D eigenvalue weighted by molar-refractivity contribution is 0.102. The van der Waals surface area contributed by atoms with Crippen molar-refractivity contribution in [1.29, 1.82) is 5.26 Å². The van der Waals surface area contributed by atoms with E-state index in [0.29, 0.717) is 16.9 Å². The molecule has 1 amide bonds. The van der Waals surface area contributed by atoms with Crippen molar-refractivity contribution in [3.8, 4) is 11.8 Å². The number of aromatic nitrogens is 1. The monoisotopic (exact) mass is 253 g/mol. The molecule has 0 unspecified atom stereocenters. The number of aromatic hydroxyl groups is 1. The predicted octanol–water partition coefficient (Wildman–Crippen LogP) is 2.22. The van der Waals surface area contributed by atoms with Gasteiger partial charge in [0.05, 0.1) is 11.1 Å². The van der Waals surface area contributed by atoms with Crippen molar-refractivity contribution in [3.05, 3.63) is 53.2 Å². The first-order valence-electron chi connectivity index (χ1n) is 5.58. The zero-order chi connectivity index (χ0) is 13.8. The van der Waals surface area contributed by atoms with Crippen LogP contribution in [0.25, 0.3) is 0 Å². The van der Waals surface area contributed by atoms with Crippen molar-refractivity contribution in [2.24, 2.45) is 0 Å². The normalized spacial score (nSPS) is 9.68. The lowest BCUT2D eigenvalue weighted by Gasteiger charge is -2.07.